The van der Waals surface area contributed by atoms with Crippen molar-refractivity contribution in [2.45, 2.75) is 25.7 Å². The maximum Gasteiger partial charge on any atom is 0.219 e. The molecule has 1 fully saturated rings. The number of piperazine rings is 1. The second-order valence-corrected chi connectivity index (χ2v) is 7.76. The summed E-state index contributed by atoms with van der Waals surface area (Å²) < 4.78 is 0. The minimum absolute atomic E-state index is 0.0283. The van der Waals surface area contributed by atoms with Crippen LogP contribution in [0.25, 0.3) is 0 Å². The van der Waals surface area contributed by atoms with Crippen molar-refractivity contribution >= 4 is 29.5 Å². The Morgan fingerprint density at radius 1 is 1.21 bits per heavy atom. The van der Waals surface area contributed by atoms with Crippen LogP contribution in [0.5, 0.6) is 0 Å². The topological polar surface area (TPSA) is 73.2 Å². The number of benzene rings is 1. The molecule has 28 heavy (non-hydrogen) atoms. The van der Waals surface area contributed by atoms with Gasteiger partial charge in [-0.25, -0.2) is 0 Å². The quantitative estimate of drug-likeness (QED) is 0.767. The van der Waals surface area contributed by atoms with Crippen LogP contribution in [-0.4, -0.2) is 72.1 Å². The first-order valence-corrected chi connectivity index (χ1v) is 10.0. The van der Waals surface area contributed by atoms with Gasteiger partial charge in [0.1, 0.15) is 5.76 Å². The van der Waals surface area contributed by atoms with Crippen LogP contribution < -0.4 is 0 Å². The Bertz CT molecular complexity index is 781. The van der Waals surface area contributed by atoms with Gasteiger partial charge in [0, 0.05) is 63.7 Å². The highest BCUT2D eigenvalue weighted by Crippen LogP contribution is 2.33. The van der Waals surface area contributed by atoms with Crippen molar-refractivity contribution < 1.29 is 14.7 Å². The van der Waals surface area contributed by atoms with Crippen molar-refractivity contribution in [3.8, 4) is 0 Å². The number of nitrogens with zero attached hydrogens (tertiary/aromatic N) is 3. The number of aliphatic hydroxyl groups is 1. The van der Waals surface area contributed by atoms with Crippen molar-refractivity contribution in [3.63, 3.8) is 0 Å². The molecular weight excluding hydrogens is 378 g/mol. The molecule has 7 heteroatoms. The fourth-order valence-corrected chi connectivity index (χ4v) is 3.79. The molecule has 1 N–H and O–H groups in total. The number of aliphatic hydroxyl groups excluding tert-OH is 1. The normalized spacial score (nSPS) is 21.6. The average molecular weight is 404 g/mol. The molecule has 1 aliphatic heterocycles. The minimum Gasteiger partial charge on any atom is -0.511 e. The Morgan fingerprint density at radius 3 is 2.50 bits per heavy atom. The zero-order valence-corrected chi connectivity index (χ0v) is 16.9. The number of halogens is 1. The monoisotopic (exact) mass is 403 g/mol. The summed E-state index contributed by atoms with van der Waals surface area (Å²) in [6, 6.07) is 7.40. The zero-order chi connectivity index (χ0) is 20.1. The lowest BCUT2D eigenvalue weighted by Gasteiger charge is -2.33. The van der Waals surface area contributed by atoms with E-state index in [-0.39, 0.29) is 23.4 Å². The molecule has 1 heterocycles. The fourth-order valence-electron chi connectivity index (χ4n) is 3.67. The molecule has 2 aliphatic rings. The highest BCUT2D eigenvalue weighted by Gasteiger charge is 2.27. The molecule has 6 nitrogen and oxygen atoms in total. The van der Waals surface area contributed by atoms with Gasteiger partial charge >= 0.3 is 0 Å². The Labute approximate surface area is 170 Å². The molecule has 3 rings (SSSR count). The van der Waals surface area contributed by atoms with Crippen LogP contribution in [-0.2, 0) is 9.59 Å². The Hall–Kier alpha value is -2.18. The molecule has 0 radical (unpaired) electrons. The van der Waals surface area contributed by atoms with Gasteiger partial charge in [0.2, 0.25) is 5.91 Å². The molecule has 1 aliphatic carbocycles. The predicted octanol–water partition coefficient (Wildman–Crippen LogP) is 2.83. The molecule has 1 amide bonds. The number of hydrogen-bond donors (Lipinski definition) is 1. The van der Waals surface area contributed by atoms with Gasteiger partial charge in [-0.2, -0.15) is 0 Å². The summed E-state index contributed by atoms with van der Waals surface area (Å²) in [6.45, 7) is 6.10. The lowest BCUT2D eigenvalue weighted by molar-refractivity contribution is -0.130. The van der Waals surface area contributed by atoms with Gasteiger partial charge in [0.05, 0.1) is 12.1 Å². The number of rotatable bonds is 5. The lowest BCUT2D eigenvalue weighted by atomic mass is 9.83. The third kappa shape index (κ3) is 5.20. The molecule has 0 bridgehead atoms. The first-order chi connectivity index (χ1) is 13.4. The van der Waals surface area contributed by atoms with Crippen LogP contribution in [0.3, 0.4) is 0 Å². The summed E-state index contributed by atoms with van der Waals surface area (Å²) in [4.78, 5) is 32.3. The van der Waals surface area contributed by atoms with Crippen molar-refractivity contribution in [1.82, 2.24) is 9.80 Å². The molecule has 1 atom stereocenters. The third-order valence-electron chi connectivity index (χ3n) is 5.41. The Kier molecular flexibility index (Phi) is 6.86. The number of allylic oxidation sites excluding steroid dienone is 2. The summed E-state index contributed by atoms with van der Waals surface area (Å²) in [5.41, 5.74) is 1.33. The lowest BCUT2D eigenvalue weighted by Crippen LogP contribution is -2.48. The van der Waals surface area contributed by atoms with E-state index in [2.05, 4.69) is 9.89 Å². The van der Waals surface area contributed by atoms with Crippen LogP contribution in [0.15, 0.2) is 40.6 Å². The molecule has 0 aromatic heterocycles. The number of amides is 1. The summed E-state index contributed by atoms with van der Waals surface area (Å²) >= 11 is 5.92. The van der Waals surface area contributed by atoms with Crippen molar-refractivity contribution in [2.24, 2.45) is 4.99 Å². The van der Waals surface area contributed by atoms with E-state index < -0.39 is 0 Å². The molecule has 1 aromatic rings. The van der Waals surface area contributed by atoms with E-state index in [1.54, 1.807) is 19.1 Å². The number of Topliss-reactive ketones (excluding diaryl/α,β-unsaturated/α-hetero) is 1. The Balaban J connectivity index is 1.51. The van der Waals surface area contributed by atoms with Crippen LogP contribution in [0.1, 0.15) is 31.2 Å². The maximum atomic E-state index is 12.5. The number of ketones is 1. The van der Waals surface area contributed by atoms with E-state index in [0.29, 0.717) is 30.0 Å². The molecule has 1 saturated heterocycles. The van der Waals surface area contributed by atoms with E-state index in [4.69, 9.17) is 11.6 Å². The van der Waals surface area contributed by atoms with E-state index in [0.717, 1.165) is 38.3 Å². The number of aliphatic imine (C=N–C) groups is 1. The molecule has 0 spiro atoms. The number of carbonyl (C=O) groups is 2. The van der Waals surface area contributed by atoms with Gasteiger partial charge in [-0.05, 0) is 23.6 Å². The van der Waals surface area contributed by atoms with Crippen molar-refractivity contribution in [3.05, 3.63) is 46.2 Å². The van der Waals surface area contributed by atoms with Crippen LogP contribution >= 0.6 is 11.6 Å². The summed E-state index contributed by atoms with van der Waals surface area (Å²) in [6.07, 6.45) is 2.31. The molecule has 0 saturated carbocycles. The maximum absolute atomic E-state index is 12.5. The van der Waals surface area contributed by atoms with Crippen molar-refractivity contribution in [1.29, 1.82) is 0 Å². The van der Waals surface area contributed by atoms with Crippen LogP contribution in [0, 0.1) is 0 Å². The van der Waals surface area contributed by atoms with Gasteiger partial charge in [-0.1, -0.05) is 23.7 Å². The SMILES string of the molecule is CC(=O)N1CCN(CCN=CC2=C(O)CC(c3ccc(Cl)cc3)CC2=O)CC1. The fraction of sp³-hybridized carbons (Fsp3) is 0.476. The van der Waals surface area contributed by atoms with E-state index in [1.165, 1.54) is 6.21 Å². The zero-order valence-electron chi connectivity index (χ0n) is 16.1. The van der Waals surface area contributed by atoms with Gasteiger partial charge < -0.3 is 10.0 Å². The molecule has 1 aromatic carbocycles. The van der Waals surface area contributed by atoms with Gasteiger partial charge in [-0.3, -0.25) is 19.5 Å². The third-order valence-corrected chi connectivity index (χ3v) is 5.66. The van der Waals surface area contributed by atoms with E-state index in [9.17, 15) is 14.7 Å². The summed E-state index contributed by atoms with van der Waals surface area (Å²) in [7, 11) is 0. The first kappa shape index (κ1) is 20.6. The molecule has 150 valence electrons. The van der Waals surface area contributed by atoms with Gasteiger partial charge in [-0.15, -0.1) is 0 Å². The minimum atomic E-state index is -0.0810. The number of carbonyl (C=O) groups excluding carboxylic acids is 2. The van der Waals surface area contributed by atoms with Gasteiger partial charge in [0.15, 0.2) is 5.78 Å². The highest BCUT2D eigenvalue weighted by molar-refractivity contribution is 6.30. The number of hydrogen-bond acceptors (Lipinski definition) is 5. The van der Waals surface area contributed by atoms with Crippen molar-refractivity contribution in [2.75, 3.05) is 39.3 Å². The first-order valence-electron chi connectivity index (χ1n) is 9.62. The van der Waals surface area contributed by atoms with Crippen LogP contribution in [0.2, 0.25) is 5.02 Å². The molecule has 1 unspecified atom stereocenters. The van der Waals surface area contributed by atoms with Gasteiger partial charge in [0.25, 0.3) is 0 Å². The van der Waals surface area contributed by atoms with Crippen LogP contribution in [0.4, 0.5) is 0 Å². The van der Waals surface area contributed by atoms with E-state index >= 15 is 0 Å². The Morgan fingerprint density at radius 2 is 1.89 bits per heavy atom. The largest absolute Gasteiger partial charge is 0.511 e. The highest BCUT2D eigenvalue weighted by atomic mass is 35.5. The van der Waals surface area contributed by atoms with E-state index in [1.807, 2.05) is 17.0 Å². The molecular formula is C21H26ClN3O3. The predicted molar refractivity (Wildman–Crippen MR) is 110 cm³/mol. The standard InChI is InChI=1S/C21H26ClN3O3/c1-15(26)25-10-8-24(9-11-25)7-6-23-14-19-20(27)12-17(13-21(19)28)16-2-4-18(22)5-3-16/h2-5,14,17,27H,6-13H2,1H3. The summed E-state index contributed by atoms with van der Waals surface area (Å²) in [5, 5.41) is 11.0. The smallest absolute Gasteiger partial charge is 0.219 e. The average Bonchev–Trinajstić information content (AvgIpc) is 2.67. The summed E-state index contributed by atoms with van der Waals surface area (Å²) in [5.74, 6) is 0.116. The second kappa shape index (κ2) is 9.34. The second-order valence-electron chi connectivity index (χ2n) is 7.32.